The Hall–Kier alpha value is -3.59. The highest BCUT2D eigenvalue weighted by atomic mass is 19.1. The summed E-state index contributed by atoms with van der Waals surface area (Å²) in [5.74, 6) is -0.811. The number of morpholine rings is 1. The van der Waals surface area contributed by atoms with E-state index in [0.29, 0.717) is 50.8 Å². The SMILES string of the molecule is O=C(c1ccccc1F)N1CCc2nc(N3CCOCC3)nc(Oc3ccccc3F)c2C1. The van der Waals surface area contributed by atoms with Gasteiger partial charge in [0.15, 0.2) is 11.6 Å². The molecule has 1 fully saturated rings. The lowest BCUT2D eigenvalue weighted by atomic mass is 10.0. The number of hydrogen-bond donors (Lipinski definition) is 0. The molecular formula is C24H22F2N4O3. The van der Waals surface area contributed by atoms with Gasteiger partial charge in [0.05, 0.1) is 36.6 Å². The number of benzene rings is 2. The van der Waals surface area contributed by atoms with E-state index in [0.717, 1.165) is 5.69 Å². The zero-order valence-corrected chi connectivity index (χ0v) is 17.8. The molecule has 0 saturated carbocycles. The normalized spacial score (nSPS) is 15.8. The molecule has 3 heterocycles. The van der Waals surface area contributed by atoms with E-state index < -0.39 is 17.5 Å². The number of rotatable bonds is 4. The predicted octanol–water partition coefficient (Wildman–Crippen LogP) is 3.58. The minimum atomic E-state index is -0.574. The number of halogens is 2. The molecule has 1 amide bonds. The lowest BCUT2D eigenvalue weighted by molar-refractivity contribution is 0.0727. The largest absolute Gasteiger partial charge is 0.435 e. The van der Waals surface area contributed by atoms with E-state index in [1.165, 1.54) is 29.2 Å². The molecule has 2 aromatic carbocycles. The maximum Gasteiger partial charge on any atom is 0.257 e. The van der Waals surface area contributed by atoms with E-state index in [1.54, 1.807) is 24.3 Å². The summed E-state index contributed by atoms with van der Waals surface area (Å²) in [4.78, 5) is 25.8. The van der Waals surface area contributed by atoms with Crippen molar-refractivity contribution in [2.24, 2.45) is 0 Å². The summed E-state index contributed by atoms with van der Waals surface area (Å²) < 4.78 is 39.9. The van der Waals surface area contributed by atoms with Gasteiger partial charge in [0, 0.05) is 26.1 Å². The van der Waals surface area contributed by atoms with Crippen molar-refractivity contribution in [1.82, 2.24) is 14.9 Å². The number of para-hydroxylation sites is 1. The molecule has 1 saturated heterocycles. The first-order valence-corrected chi connectivity index (χ1v) is 10.8. The van der Waals surface area contributed by atoms with Gasteiger partial charge in [-0.2, -0.15) is 4.98 Å². The fraction of sp³-hybridized carbons (Fsp3) is 0.292. The monoisotopic (exact) mass is 452 g/mol. The van der Waals surface area contributed by atoms with Crippen LogP contribution in [0.5, 0.6) is 11.6 Å². The summed E-state index contributed by atoms with van der Waals surface area (Å²) in [5, 5.41) is 0. The fourth-order valence-electron chi connectivity index (χ4n) is 3.97. The van der Waals surface area contributed by atoms with Gasteiger partial charge in [-0.3, -0.25) is 4.79 Å². The Bertz CT molecular complexity index is 1180. The van der Waals surface area contributed by atoms with Gasteiger partial charge in [-0.1, -0.05) is 24.3 Å². The molecule has 1 aromatic heterocycles. The molecule has 3 aromatic rings. The third-order valence-corrected chi connectivity index (χ3v) is 5.74. The van der Waals surface area contributed by atoms with Gasteiger partial charge in [0.25, 0.3) is 5.91 Å². The van der Waals surface area contributed by atoms with Gasteiger partial charge >= 0.3 is 0 Å². The Morgan fingerprint density at radius 3 is 2.42 bits per heavy atom. The summed E-state index contributed by atoms with van der Waals surface area (Å²) in [6.07, 6.45) is 0.447. The molecule has 33 heavy (non-hydrogen) atoms. The van der Waals surface area contributed by atoms with Gasteiger partial charge in [0.1, 0.15) is 5.82 Å². The molecule has 0 spiro atoms. The number of amides is 1. The Morgan fingerprint density at radius 2 is 1.67 bits per heavy atom. The standard InChI is InChI=1S/C24H22F2N4O3/c25-18-6-2-1-5-16(18)23(31)30-10-9-20-17(15-30)22(33-21-8-4-3-7-19(21)26)28-24(27-20)29-11-13-32-14-12-29/h1-8H,9-15H2. The fourth-order valence-corrected chi connectivity index (χ4v) is 3.97. The minimum absolute atomic E-state index is 0.00313. The van der Waals surface area contributed by atoms with Gasteiger partial charge in [-0.15, -0.1) is 0 Å². The number of ether oxygens (including phenoxy) is 2. The van der Waals surface area contributed by atoms with Crippen LogP contribution < -0.4 is 9.64 Å². The third kappa shape index (κ3) is 4.36. The lowest BCUT2D eigenvalue weighted by Gasteiger charge is -2.32. The van der Waals surface area contributed by atoms with Crippen molar-refractivity contribution < 1.29 is 23.0 Å². The van der Waals surface area contributed by atoms with Gasteiger partial charge in [-0.05, 0) is 24.3 Å². The van der Waals surface area contributed by atoms with E-state index in [4.69, 9.17) is 14.5 Å². The number of hydrogen-bond acceptors (Lipinski definition) is 6. The van der Waals surface area contributed by atoms with Crippen LogP contribution in [0.25, 0.3) is 0 Å². The summed E-state index contributed by atoms with van der Waals surface area (Å²) in [7, 11) is 0. The molecule has 0 N–H and O–H groups in total. The molecule has 2 aliphatic heterocycles. The average molecular weight is 452 g/mol. The van der Waals surface area contributed by atoms with Gasteiger partial charge < -0.3 is 19.3 Å². The average Bonchev–Trinajstić information content (AvgIpc) is 2.85. The van der Waals surface area contributed by atoms with Crippen molar-refractivity contribution in [3.8, 4) is 11.6 Å². The third-order valence-electron chi connectivity index (χ3n) is 5.74. The van der Waals surface area contributed by atoms with Crippen LogP contribution in [0.15, 0.2) is 48.5 Å². The van der Waals surface area contributed by atoms with Crippen LogP contribution in [-0.4, -0.2) is 53.6 Å². The second kappa shape index (κ2) is 9.11. The topological polar surface area (TPSA) is 67.8 Å². The summed E-state index contributed by atoms with van der Waals surface area (Å²) in [5.41, 5.74) is 1.32. The number of anilines is 1. The predicted molar refractivity (Wildman–Crippen MR) is 116 cm³/mol. The Kier molecular flexibility index (Phi) is 5.87. The van der Waals surface area contributed by atoms with Crippen molar-refractivity contribution in [2.45, 2.75) is 13.0 Å². The molecule has 2 aliphatic rings. The smallest absolute Gasteiger partial charge is 0.257 e. The van der Waals surface area contributed by atoms with Crippen LogP contribution in [0.1, 0.15) is 21.6 Å². The summed E-state index contributed by atoms with van der Waals surface area (Å²) in [6, 6.07) is 12.0. The second-order valence-electron chi connectivity index (χ2n) is 7.84. The molecule has 0 bridgehead atoms. The van der Waals surface area contributed by atoms with Crippen LogP contribution in [-0.2, 0) is 17.7 Å². The van der Waals surface area contributed by atoms with Crippen molar-refractivity contribution >= 4 is 11.9 Å². The van der Waals surface area contributed by atoms with Crippen LogP contribution in [0.4, 0.5) is 14.7 Å². The highest BCUT2D eigenvalue weighted by molar-refractivity contribution is 5.94. The maximum atomic E-state index is 14.3. The number of aromatic nitrogens is 2. The zero-order chi connectivity index (χ0) is 22.8. The van der Waals surface area contributed by atoms with Crippen LogP contribution >= 0.6 is 0 Å². The van der Waals surface area contributed by atoms with Crippen LogP contribution in [0.2, 0.25) is 0 Å². The molecule has 0 atom stereocenters. The minimum Gasteiger partial charge on any atom is -0.435 e. The second-order valence-corrected chi connectivity index (χ2v) is 7.84. The molecule has 7 nitrogen and oxygen atoms in total. The van der Waals surface area contributed by atoms with E-state index in [-0.39, 0.29) is 23.7 Å². The number of carbonyl (C=O) groups excluding carboxylic acids is 1. The Labute approximate surface area is 189 Å². The quantitative estimate of drug-likeness (QED) is 0.603. The number of carbonyl (C=O) groups is 1. The first kappa shape index (κ1) is 21.3. The van der Waals surface area contributed by atoms with E-state index in [9.17, 15) is 13.6 Å². The lowest BCUT2D eigenvalue weighted by Crippen LogP contribution is -2.39. The van der Waals surface area contributed by atoms with E-state index >= 15 is 0 Å². The zero-order valence-electron chi connectivity index (χ0n) is 17.8. The van der Waals surface area contributed by atoms with Crippen molar-refractivity contribution in [2.75, 3.05) is 37.7 Å². The maximum absolute atomic E-state index is 14.3. The molecule has 0 radical (unpaired) electrons. The number of fused-ring (bicyclic) bond motifs is 1. The highest BCUT2D eigenvalue weighted by Crippen LogP contribution is 2.33. The molecule has 9 heteroatoms. The Morgan fingerprint density at radius 1 is 0.939 bits per heavy atom. The molecule has 170 valence electrons. The Balaban J connectivity index is 1.50. The first-order valence-electron chi connectivity index (χ1n) is 10.8. The van der Waals surface area contributed by atoms with E-state index in [1.807, 2.05) is 4.90 Å². The van der Waals surface area contributed by atoms with E-state index in [2.05, 4.69) is 4.98 Å². The molecule has 0 aliphatic carbocycles. The molecule has 5 rings (SSSR count). The van der Waals surface area contributed by atoms with Crippen molar-refractivity contribution in [3.63, 3.8) is 0 Å². The molecule has 0 unspecified atom stereocenters. The summed E-state index contributed by atoms with van der Waals surface area (Å²) >= 11 is 0. The van der Waals surface area contributed by atoms with Gasteiger partial charge in [-0.25, -0.2) is 13.8 Å². The number of nitrogens with zero attached hydrogens (tertiary/aromatic N) is 4. The first-order chi connectivity index (χ1) is 16.1. The van der Waals surface area contributed by atoms with Crippen LogP contribution in [0.3, 0.4) is 0 Å². The van der Waals surface area contributed by atoms with Crippen LogP contribution in [0, 0.1) is 11.6 Å². The molecular weight excluding hydrogens is 430 g/mol. The van der Waals surface area contributed by atoms with Crippen molar-refractivity contribution in [1.29, 1.82) is 0 Å². The van der Waals surface area contributed by atoms with Gasteiger partial charge in [0.2, 0.25) is 11.8 Å². The highest BCUT2D eigenvalue weighted by Gasteiger charge is 2.29. The summed E-state index contributed by atoms with van der Waals surface area (Å²) in [6.45, 7) is 2.91. The van der Waals surface area contributed by atoms with Crippen molar-refractivity contribution in [3.05, 3.63) is 77.0 Å².